The lowest BCUT2D eigenvalue weighted by atomic mass is 10.1. The van der Waals surface area contributed by atoms with E-state index in [0.29, 0.717) is 28.5 Å². The maximum absolute atomic E-state index is 13.2. The van der Waals surface area contributed by atoms with Crippen LogP contribution in [0.5, 0.6) is 0 Å². The molecule has 0 amide bonds. The Bertz CT molecular complexity index is 1740. The molecule has 1 aliphatic heterocycles. The molecule has 1 aliphatic rings. The van der Waals surface area contributed by atoms with Gasteiger partial charge in [0.25, 0.3) is 0 Å². The summed E-state index contributed by atoms with van der Waals surface area (Å²) in [6.07, 6.45) is 5.99. The number of hydrogen-bond donors (Lipinski definition) is 0. The van der Waals surface area contributed by atoms with E-state index in [-0.39, 0.29) is 65.2 Å². The molecule has 5 rings (SSSR count). The highest BCUT2D eigenvalue weighted by atomic mass is 35.5. The van der Waals surface area contributed by atoms with Crippen molar-refractivity contribution in [2.45, 2.75) is 46.2 Å². The minimum atomic E-state index is -0.715. The monoisotopic (exact) mass is 746 g/mol. The lowest BCUT2D eigenvalue weighted by Gasteiger charge is -2.04. The Morgan fingerprint density at radius 2 is 1.27 bits per heavy atom. The van der Waals surface area contributed by atoms with Crippen molar-refractivity contribution in [2.24, 2.45) is 0 Å². The Labute approximate surface area is 296 Å². The molecule has 2 aromatic heterocycles. The number of hydrogen-bond acceptors (Lipinski definition) is 7. The molecule has 1 saturated heterocycles. The zero-order valence-corrected chi connectivity index (χ0v) is 29.0. The fourth-order valence-electron chi connectivity index (χ4n) is 4.49. The van der Waals surface area contributed by atoms with Crippen molar-refractivity contribution in [1.82, 2.24) is 19.6 Å². The number of carbonyl (C=O) groups excluding carboxylic acids is 3. The number of aldehydes is 1. The van der Waals surface area contributed by atoms with Gasteiger partial charge in [0, 0.05) is 56.7 Å². The maximum atomic E-state index is 13.2. The lowest BCUT2D eigenvalue weighted by molar-refractivity contribution is -0.107. The zero-order valence-electron chi connectivity index (χ0n) is 26.7. The topological polar surface area (TPSA) is 105 Å². The summed E-state index contributed by atoms with van der Waals surface area (Å²) >= 11 is 12.3. The Morgan fingerprint density at radius 1 is 0.816 bits per heavy atom. The van der Waals surface area contributed by atoms with Gasteiger partial charge in [-0.1, -0.05) is 23.2 Å². The zero-order chi connectivity index (χ0) is 35.4. The quantitative estimate of drug-likeness (QED) is 0.0709. The number of methoxy groups -OCH3 is 1. The van der Waals surface area contributed by atoms with Crippen LogP contribution in [0.25, 0.3) is 6.08 Å². The predicted molar refractivity (Wildman–Crippen MR) is 179 cm³/mol. The number of halogens is 7. The van der Waals surface area contributed by atoms with Crippen molar-refractivity contribution in [3.05, 3.63) is 110 Å². The molecule has 0 bridgehead atoms. The van der Waals surface area contributed by atoms with Crippen molar-refractivity contribution >= 4 is 59.5 Å². The van der Waals surface area contributed by atoms with E-state index in [9.17, 15) is 31.9 Å². The van der Waals surface area contributed by atoms with Gasteiger partial charge in [0.15, 0.2) is 11.6 Å². The summed E-state index contributed by atoms with van der Waals surface area (Å²) in [6.45, 7) is 4.69. The SMILES string of the molecule is C1CCOC1.CC(=O)c1nn(Cc2cc(F)cc(F)c2)c(Cl)c1CC=O.COC=Cc1c(C(C)=O)nn(Cc2cc(F)cc(F)c2)c1Cl.Cl. The molecule has 9 nitrogen and oxygen atoms in total. The van der Waals surface area contributed by atoms with E-state index >= 15 is 0 Å². The average molecular weight is 748 g/mol. The van der Waals surface area contributed by atoms with Gasteiger partial charge < -0.3 is 14.3 Å². The number of carbonyl (C=O) groups is 3. The highest BCUT2D eigenvalue weighted by Crippen LogP contribution is 2.25. The van der Waals surface area contributed by atoms with Crippen molar-refractivity contribution < 1.29 is 41.4 Å². The standard InChI is InChI=1S/C15H13ClF2N2O2.C14H11ClF2N2O2.C4H8O.ClH/c1-9(21)14-13(3-4-22-2)15(16)20(19-14)8-10-5-11(17)7-12(18)6-10;1-8(21)13-12(2-3-20)14(15)19(18-13)7-9-4-10(16)6-11(17)5-9;1-2-4-5-3-1;/h3-7H,8H2,1-2H3;3-6H,2,7H2,1H3;1-4H2;1H. The fraction of sp³-hybridized carbons (Fsp3) is 0.303. The third-order valence-corrected chi connectivity index (χ3v) is 7.39. The largest absolute Gasteiger partial charge is 0.504 e. The summed E-state index contributed by atoms with van der Waals surface area (Å²) < 4.78 is 65.1. The molecule has 1 fully saturated rings. The van der Waals surface area contributed by atoms with Gasteiger partial charge in [-0.2, -0.15) is 10.2 Å². The average Bonchev–Trinajstić information content (AvgIpc) is 3.75. The first-order valence-corrected chi connectivity index (χ1v) is 15.2. The van der Waals surface area contributed by atoms with E-state index in [0.717, 1.165) is 37.5 Å². The summed E-state index contributed by atoms with van der Waals surface area (Å²) in [5.74, 6) is -3.42. The van der Waals surface area contributed by atoms with Gasteiger partial charge in [0.2, 0.25) is 0 Å². The fourth-order valence-corrected chi connectivity index (χ4v) is 5.01. The molecule has 0 unspecified atom stereocenters. The molecule has 2 aromatic carbocycles. The second kappa shape index (κ2) is 19.8. The highest BCUT2D eigenvalue weighted by Gasteiger charge is 2.20. The number of benzene rings is 2. The van der Waals surface area contributed by atoms with Crippen LogP contribution >= 0.6 is 35.6 Å². The summed E-state index contributed by atoms with van der Waals surface area (Å²) in [7, 11) is 1.46. The van der Waals surface area contributed by atoms with E-state index in [2.05, 4.69) is 10.2 Å². The molecule has 0 aliphatic carbocycles. The first-order chi connectivity index (χ1) is 22.8. The second-order valence-corrected chi connectivity index (χ2v) is 11.1. The van der Waals surface area contributed by atoms with Gasteiger partial charge in [0.05, 0.1) is 26.5 Å². The van der Waals surface area contributed by atoms with Gasteiger partial charge in [-0.3, -0.25) is 9.59 Å². The van der Waals surface area contributed by atoms with Crippen molar-refractivity contribution in [2.75, 3.05) is 20.3 Å². The molecular weight excluding hydrogens is 715 g/mol. The van der Waals surface area contributed by atoms with E-state index in [1.54, 1.807) is 0 Å². The first kappa shape index (κ1) is 41.1. The van der Waals surface area contributed by atoms with Gasteiger partial charge in [-0.15, -0.1) is 12.4 Å². The summed E-state index contributed by atoms with van der Waals surface area (Å²) in [5, 5.41) is 8.41. The van der Waals surface area contributed by atoms with E-state index < -0.39 is 23.3 Å². The number of aromatic nitrogens is 4. The summed E-state index contributed by atoms with van der Waals surface area (Å²) in [4.78, 5) is 33.8. The normalized spacial score (nSPS) is 12.0. The Hall–Kier alpha value is -4.04. The van der Waals surface area contributed by atoms with Gasteiger partial charge in [-0.25, -0.2) is 26.9 Å². The van der Waals surface area contributed by atoms with Crippen LogP contribution in [-0.2, 0) is 33.8 Å². The van der Waals surface area contributed by atoms with Crippen LogP contribution in [-0.4, -0.2) is 57.7 Å². The molecule has 0 radical (unpaired) electrons. The number of ketones is 2. The first-order valence-electron chi connectivity index (χ1n) is 14.5. The minimum absolute atomic E-state index is 0. The van der Waals surface area contributed by atoms with Crippen LogP contribution in [0.1, 0.15) is 69.9 Å². The van der Waals surface area contributed by atoms with Crippen molar-refractivity contribution in [3.63, 3.8) is 0 Å². The maximum Gasteiger partial charge on any atom is 0.180 e. The molecule has 49 heavy (non-hydrogen) atoms. The Balaban J connectivity index is 0.000000292. The number of nitrogens with zero attached hydrogens (tertiary/aromatic N) is 4. The van der Waals surface area contributed by atoms with E-state index in [1.165, 1.54) is 67.6 Å². The van der Waals surface area contributed by atoms with E-state index in [1.807, 2.05) is 0 Å². The number of Topliss-reactive ketones (excluding diaryl/α,β-unsaturated/α-hetero) is 2. The third kappa shape index (κ3) is 12.1. The third-order valence-electron chi connectivity index (χ3n) is 6.57. The van der Waals surface area contributed by atoms with Crippen molar-refractivity contribution in [1.29, 1.82) is 0 Å². The Morgan fingerprint density at radius 3 is 1.65 bits per heavy atom. The van der Waals surface area contributed by atoms with Crippen LogP contribution in [0.2, 0.25) is 10.3 Å². The van der Waals surface area contributed by atoms with Gasteiger partial charge in [-0.05, 0) is 54.3 Å². The van der Waals surface area contributed by atoms with Crippen molar-refractivity contribution in [3.8, 4) is 0 Å². The Kier molecular flexibility index (Phi) is 16.6. The van der Waals surface area contributed by atoms with Crippen LogP contribution in [0.15, 0.2) is 42.7 Å². The van der Waals surface area contributed by atoms with Crippen LogP contribution in [0.3, 0.4) is 0 Å². The predicted octanol–water partition coefficient (Wildman–Crippen LogP) is 7.71. The molecular formula is C33H33Cl3F4N4O5. The van der Waals surface area contributed by atoms with E-state index in [4.69, 9.17) is 32.7 Å². The minimum Gasteiger partial charge on any atom is -0.504 e. The van der Waals surface area contributed by atoms with Crippen LogP contribution in [0.4, 0.5) is 17.6 Å². The van der Waals surface area contributed by atoms with Crippen LogP contribution < -0.4 is 0 Å². The molecule has 0 atom stereocenters. The second-order valence-electron chi connectivity index (χ2n) is 10.4. The molecule has 0 spiro atoms. The number of ether oxygens (including phenoxy) is 2. The number of rotatable bonds is 10. The van der Waals surface area contributed by atoms with Gasteiger partial charge >= 0.3 is 0 Å². The van der Waals surface area contributed by atoms with Crippen LogP contribution in [0, 0.1) is 23.3 Å². The molecule has 0 saturated carbocycles. The summed E-state index contributed by atoms with van der Waals surface area (Å²) in [6, 6.07) is 6.19. The molecule has 3 heterocycles. The molecule has 264 valence electrons. The molecule has 16 heteroatoms. The molecule has 4 aromatic rings. The highest BCUT2D eigenvalue weighted by molar-refractivity contribution is 6.32. The lowest BCUT2D eigenvalue weighted by Crippen LogP contribution is -2.04. The summed E-state index contributed by atoms with van der Waals surface area (Å²) in [5.41, 5.74) is 1.62. The molecule has 0 N–H and O–H groups in total. The van der Waals surface area contributed by atoms with Gasteiger partial charge in [0.1, 0.15) is 51.2 Å². The smallest absolute Gasteiger partial charge is 0.180 e.